The first-order valence-corrected chi connectivity index (χ1v) is 7.77. The third-order valence-corrected chi connectivity index (χ3v) is 3.79. The van der Waals surface area contributed by atoms with Crippen molar-refractivity contribution in [1.82, 2.24) is 5.32 Å². The normalized spacial score (nSPS) is 12.1. The maximum Gasteiger partial charge on any atom is 0.119 e. The van der Waals surface area contributed by atoms with Crippen LogP contribution in [0, 0.1) is 0 Å². The number of ether oxygens (including phenoxy) is 1. The second-order valence-corrected chi connectivity index (χ2v) is 5.23. The molecule has 0 radical (unpaired) electrons. The molecule has 0 heterocycles. The molecule has 0 fully saturated rings. The Balaban J connectivity index is 1.96. The van der Waals surface area contributed by atoms with E-state index in [9.17, 15) is 0 Å². The van der Waals surface area contributed by atoms with E-state index in [-0.39, 0.29) is 0 Å². The summed E-state index contributed by atoms with van der Waals surface area (Å²) in [7, 11) is 0. The third kappa shape index (κ3) is 4.33. The van der Waals surface area contributed by atoms with Crippen molar-refractivity contribution < 1.29 is 4.74 Å². The molecule has 2 heteroatoms. The molecule has 1 N–H and O–H groups in total. The highest BCUT2D eigenvalue weighted by atomic mass is 16.5. The minimum absolute atomic E-state index is 0.325. The van der Waals surface area contributed by atoms with Gasteiger partial charge in [0.2, 0.25) is 0 Å². The molecule has 1 unspecified atom stereocenters. The fourth-order valence-corrected chi connectivity index (χ4v) is 2.48. The standard InChI is InChI=1S/C19H25NO/c1-4-16-8-6-7-9-18(16)14-20-15(3)17-10-12-19(13-11-17)21-5-2/h6-13,15,20H,4-5,14H2,1-3H3. The van der Waals surface area contributed by atoms with Crippen LogP contribution in [0.2, 0.25) is 0 Å². The van der Waals surface area contributed by atoms with Gasteiger partial charge in [0.05, 0.1) is 6.61 Å². The summed E-state index contributed by atoms with van der Waals surface area (Å²) >= 11 is 0. The Kier molecular flexibility index (Phi) is 5.82. The minimum atomic E-state index is 0.325. The molecule has 0 aliphatic heterocycles. The van der Waals surface area contributed by atoms with Crippen LogP contribution in [0.1, 0.15) is 43.5 Å². The van der Waals surface area contributed by atoms with Crippen LogP contribution in [0.5, 0.6) is 5.75 Å². The highest BCUT2D eigenvalue weighted by Gasteiger charge is 2.06. The molecule has 0 aliphatic rings. The molecule has 0 aromatic heterocycles. The Morgan fingerprint density at radius 2 is 1.62 bits per heavy atom. The molecule has 2 aromatic carbocycles. The SMILES string of the molecule is CCOc1ccc(C(C)NCc2ccccc2CC)cc1. The van der Waals surface area contributed by atoms with E-state index in [0.29, 0.717) is 12.6 Å². The van der Waals surface area contributed by atoms with Crippen LogP contribution < -0.4 is 10.1 Å². The van der Waals surface area contributed by atoms with Crippen molar-refractivity contribution >= 4 is 0 Å². The highest BCUT2D eigenvalue weighted by Crippen LogP contribution is 2.18. The molecule has 21 heavy (non-hydrogen) atoms. The lowest BCUT2D eigenvalue weighted by Crippen LogP contribution is -2.18. The van der Waals surface area contributed by atoms with Crippen molar-refractivity contribution in [2.45, 2.75) is 39.8 Å². The van der Waals surface area contributed by atoms with Gasteiger partial charge in [-0.25, -0.2) is 0 Å². The van der Waals surface area contributed by atoms with Gasteiger partial charge in [-0.2, -0.15) is 0 Å². The van der Waals surface area contributed by atoms with Crippen LogP contribution in [-0.4, -0.2) is 6.61 Å². The van der Waals surface area contributed by atoms with Gasteiger partial charge in [0.15, 0.2) is 0 Å². The van der Waals surface area contributed by atoms with Crippen LogP contribution in [0.15, 0.2) is 48.5 Å². The minimum Gasteiger partial charge on any atom is -0.494 e. The zero-order valence-corrected chi connectivity index (χ0v) is 13.2. The van der Waals surface area contributed by atoms with E-state index >= 15 is 0 Å². The maximum absolute atomic E-state index is 5.48. The number of benzene rings is 2. The van der Waals surface area contributed by atoms with Crippen molar-refractivity contribution in [3.63, 3.8) is 0 Å². The van der Waals surface area contributed by atoms with Crippen molar-refractivity contribution in [2.75, 3.05) is 6.61 Å². The first-order valence-electron chi connectivity index (χ1n) is 7.77. The second-order valence-electron chi connectivity index (χ2n) is 5.23. The molecule has 0 spiro atoms. The zero-order valence-electron chi connectivity index (χ0n) is 13.2. The van der Waals surface area contributed by atoms with E-state index in [4.69, 9.17) is 4.74 Å². The summed E-state index contributed by atoms with van der Waals surface area (Å²) < 4.78 is 5.48. The molecule has 0 saturated carbocycles. The van der Waals surface area contributed by atoms with Gasteiger partial charge in [-0.1, -0.05) is 43.3 Å². The van der Waals surface area contributed by atoms with Gasteiger partial charge >= 0.3 is 0 Å². The number of rotatable bonds is 7. The number of hydrogen-bond acceptors (Lipinski definition) is 2. The zero-order chi connectivity index (χ0) is 15.1. The molecule has 2 rings (SSSR count). The predicted molar refractivity (Wildman–Crippen MR) is 88.7 cm³/mol. The fourth-order valence-electron chi connectivity index (χ4n) is 2.48. The summed E-state index contributed by atoms with van der Waals surface area (Å²) in [6, 6.07) is 17.3. The summed E-state index contributed by atoms with van der Waals surface area (Å²) in [5.74, 6) is 0.935. The van der Waals surface area contributed by atoms with Gasteiger partial charge in [-0.15, -0.1) is 0 Å². The van der Waals surface area contributed by atoms with Gasteiger partial charge in [0, 0.05) is 12.6 Å². The molecule has 2 aromatic rings. The van der Waals surface area contributed by atoms with Gasteiger partial charge < -0.3 is 10.1 Å². The van der Waals surface area contributed by atoms with Crippen molar-refractivity contribution in [2.24, 2.45) is 0 Å². The lowest BCUT2D eigenvalue weighted by molar-refractivity contribution is 0.340. The molecular weight excluding hydrogens is 258 g/mol. The number of hydrogen-bond donors (Lipinski definition) is 1. The van der Waals surface area contributed by atoms with Crippen LogP contribution >= 0.6 is 0 Å². The quantitative estimate of drug-likeness (QED) is 0.808. The molecule has 0 amide bonds. The summed E-state index contributed by atoms with van der Waals surface area (Å²) in [6.07, 6.45) is 1.08. The van der Waals surface area contributed by atoms with Gasteiger partial charge in [-0.3, -0.25) is 0 Å². The Morgan fingerprint density at radius 3 is 2.24 bits per heavy atom. The smallest absolute Gasteiger partial charge is 0.119 e. The van der Waals surface area contributed by atoms with E-state index in [1.165, 1.54) is 16.7 Å². The monoisotopic (exact) mass is 283 g/mol. The summed E-state index contributed by atoms with van der Waals surface area (Å²) in [5, 5.41) is 3.60. The van der Waals surface area contributed by atoms with E-state index in [1.54, 1.807) is 0 Å². The average Bonchev–Trinajstić information content (AvgIpc) is 2.54. The Hall–Kier alpha value is -1.80. The van der Waals surface area contributed by atoms with Gasteiger partial charge in [0.25, 0.3) is 0 Å². The molecule has 0 saturated heterocycles. The first kappa shape index (κ1) is 15.6. The highest BCUT2D eigenvalue weighted by molar-refractivity contribution is 5.30. The summed E-state index contributed by atoms with van der Waals surface area (Å²) in [4.78, 5) is 0. The molecule has 1 atom stereocenters. The van der Waals surface area contributed by atoms with Crippen molar-refractivity contribution in [3.05, 3.63) is 65.2 Å². The van der Waals surface area contributed by atoms with Crippen LogP contribution in [0.25, 0.3) is 0 Å². The molecule has 0 bridgehead atoms. The van der Waals surface area contributed by atoms with Crippen LogP contribution in [0.4, 0.5) is 0 Å². The van der Waals surface area contributed by atoms with Gasteiger partial charge in [0.1, 0.15) is 5.75 Å². The lowest BCUT2D eigenvalue weighted by atomic mass is 10.0. The van der Waals surface area contributed by atoms with Crippen molar-refractivity contribution in [1.29, 1.82) is 0 Å². The Bertz CT molecular complexity index is 548. The number of aryl methyl sites for hydroxylation is 1. The van der Waals surface area contributed by atoms with Gasteiger partial charge in [-0.05, 0) is 49.1 Å². The second kappa shape index (κ2) is 7.84. The largest absolute Gasteiger partial charge is 0.494 e. The lowest BCUT2D eigenvalue weighted by Gasteiger charge is -2.16. The fraction of sp³-hybridized carbons (Fsp3) is 0.368. The van der Waals surface area contributed by atoms with E-state index in [2.05, 4.69) is 55.6 Å². The van der Waals surface area contributed by atoms with E-state index < -0.39 is 0 Å². The van der Waals surface area contributed by atoms with E-state index in [1.807, 2.05) is 19.1 Å². The van der Waals surface area contributed by atoms with Crippen LogP contribution in [0.3, 0.4) is 0 Å². The molecule has 2 nitrogen and oxygen atoms in total. The summed E-state index contributed by atoms with van der Waals surface area (Å²) in [5.41, 5.74) is 4.09. The molecule has 112 valence electrons. The van der Waals surface area contributed by atoms with Crippen molar-refractivity contribution in [3.8, 4) is 5.75 Å². The Morgan fingerprint density at radius 1 is 0.952 bits per heavy atom. The molecular formula is C19H25NO. The van der Waals surface area contributed by atoms with E-state index in [0.717, 1.165) is 18.7 Å². The molecule has 0 aliphatic carbocycles. The van der Waals surface area contributed by atoms with Crippen LogP contribution in [-0.2, 0) is 13.0 Å². The Labute approximate surface area is 128 Å². The number of nitrogens with one attached hydrogen (secondary N) is 1. The average molecular weight is 283 g/mol. The third-order valence-electron chi connectivity index (χ3n) is 3.79. The summed E-state index contributed by atoms with van der Waals surface area (Å²) in [6.45, 7) is 8.02. The maximum atomic E-state index is 5.48. The first-order chi connectivity index (χ1) is 10.2. The topological polar surface area (TPSA) is 21.3 Å². The predicted octanol–water partition coefficient (Wildman–Crippen LogP) is 4.50.